The Morgan fingerprint density at radius 2 is 1.54 bits per heavy atom. The first-order valence-corrected chi connectivity index (χ1v) is 14.3. The van der Waals surface area contributed by atoms with Gasteiger partial charge >= 0.3 is 0 Å². The van der Waals surface area contributed by atoms with Crippen molar-refractivity contribution < 1.29 is 24.3 Å². The van der Waals surface area contributed by atoms with E-state index in [4.69, 9.17) is 11.5 Å². The van der Waals surface area contributed by atoms with E-state index < -0.39 is 29.8 Å². The van der Waals surface area contributed by atoms with Crippen molar-refractivity contribution >= 4 is 35.4 Å². The number of phenolic OH excluding ortho intramolecular Hbond substituents is 1. The number of benzene rings is 2. The van der Waals surface area contributed by atoms with Crippen molar-refractivity contribution in [3.63, 3.8) is 0 Å². The minimum Gasteiger partial charge on any atom is -0.508 e. The van der Waals surface area contributed by atoms with Crippen molar-refractivity contribution in [1.29, 1.82) is 0 Å². The number of rotatable bonds is 17. The molecule has 11 heteroatoms. The van der Waals surface area contributed by atoms with Crippen LogP contribution in [0.15, 0.2) is 54.6 Å². The molecular formula is C28H39N5O5S. The second kappa shape index (κ2) is 17.1. The number of aromatic hydroxyl groups is 1. The topological polar surface area (TPSA) is 177 Å². The van der Waals surface area contributed by atoms with Crippen LogP contribution in [0.2, 0.25) is 0 Å². The van der Waals surface area contributed by atoms with Gasteiger partial charge in [0.05, 0.1) is 6.54 Å². The number of carbonyl (C=O) groups is 4. The van der Waals surface area contributed by atoms with Gasteiger partial charge in [0.15, 0.2) is 0 Å². The average Bonchev–Trinajstić information content (AvgIpc) is 2.91. The van der Waals surface area contributed by atoms with Gasteiger partial charge in [-0.15, -0.1) is 0 Å². The first kappa shape index (κ1) is 31.6. The number of thioether (sulfide) groups is 1. The van der Waals surface area contributed by atoms with E-state index in [1.54, 1.807) is 12.1 Å². The molecule has 0 spiro atoms. The molecule has 0 radical (unpaired) electrons. The van der Waals surface area contributed by atoms with Crippen LogP contribution in [0.4, 0.5) is 0 Å². The van der Waals surface area contributed by atoms with E-state index in [0.717, 1.165) is 11.1 Å². The van der Waals surface area contributed by atoms with Crippen LogP contribution < -0.4 is 27.4 Å². The lowest BCUT2D eigenvalue weighted by atomic mass is 10.0. The van der Waals surface area contributed by atoms with Crippen LogP contribution in [0.1, 0.15) is 36.8 Å². The van der Waals surface area contributed by atoms with E-state index in [-0.39, 0.29) is 37.1 Å². The van der Waals surface area contributed by atoms with Gasteiger partial charge in [0, 0.05) is 18.9 Å². The normalized spacial score (nSPS) is 13.1. The van der Waals surface area contributed by atoms with Crippen LogP contribution in [0.3, 0.4) is 0 Å². The van der Waals surface area contributed by atoms with Crippen LogP contribution in [-0.4, -0.2) is 65.4 Å². The van der Waals surface area contributed by atoms with Gasteiger partial charge in [-0.05, 0) is 61.0 Å². The largest absolute Gasteiger partial charge is 0.508 e. The van der Waals surface area contributed by atoms with Crippen LogP contribution in [-0.2, 0) is 32.0 Å². The van der Waals surface area contributed by atoms with Crippen LogP contribution in [0, 0.1) is 0 Å². The highest BCUT2D eigenvalue weighted by Gasteiger charge is 2.26. The maximum Gasteiger partial charge on any atom is 0.243 e. The molecule has 0 aliphatic heterocycles. The molecule has 0 fully saturated rings. The molecule has 0 saturated carbocycles. The fourth-order valence-electron chi connectivity index (χ4n) is 3.93. The third-order valence-corrected chi connectivity index (χ3v) is 6.71. The minimum absolute atomic E-state index is 0.136. The average molecular weight is 558 g/mol. The lowest BCUT2D eigenvalue weighted by Gasteiger charge is -2.22. The summed E-state index contributed by atoms with van der Waals surface area (Å²) in [4.78, 5) is 49.7. The summed E-state index contributed by atoms with van der Waals surface area (Å²) >= 11 is 1.53. The lowest BCUT2D eigenvalue weighted by molar-refractivity contribution is -0.131. The van der Waals surface area contributed by atoms with E-state index in [0.29, 0.717) is 31.4 Å². The minimum atomic E-state index is -0.953. The highest BCUT2D eigenvalue weighted by molar-refractivity contribution is 7.98. The summed E-state index contributed by atoms with van der Waals surface area (Å²) in [5.74, 6) is -1.15. The first-order chi connectivity index (χ1) is 18.7. The molecule has 212 valence electrons. The number of nitrogens with two attached hydrogens (primary N) is 2. The van der Waals surface area contributed by atoms with Gasteiger partial charge in [0.25, 0.3) is 0 Å². The molecule has 3 atom stereocenters. The number of hydrogen-bond donors (Lipinski definition) is 6. The van der Waals surface area contributed by atoms with Crippen LogP contribution in [0.5, 0.6) is 5.75 Å². The molecule has 0 aliphatic rings. The van der Waals surface area contributed by atoms with Crippen molar-refractivity contribution in [2.45, 2.75) is 56.7 Å². The Kier molecular flexibility index (Phi) is 13.9. The van der Waals surface area contributed by atoms with Gasteiger partial charge in [-0.25, -0.2) is 0 Å². The highest BCUT2D eigenvalue weighted by Crippen LogP contribution is 2.12. The Balaban J connectivity index is 1.83. The second-order valence-electron chi connectivity index (χ2n) is 9.35. The van der Waals surface area contributed by atoms with E-state index in [2.05, 4.69) is 16.0 Å². The van der Waals surface area contributed by atoms with E-state index in [9.17, 15) is 24.3 Å². The van der Waals surface area contributed by atoms with Gasteiger partial charge < -0.3 is 32.5 Å². The zero-order valence-corrected chi connectivity index (χ0v) is 23.0. The quantitative estimate of drug-likeness (QED) is 0.168. The fraction of sp³-hybridized carbons (Fsp3) is 0.429. The summed E-state index contributed by atoms with van der Waals surface area (Å²) in [6, 6.07) is 14.1. The molecule has 2 aromatic carbocycles. The van der Waals surface area contributed by atoms with E-state index in [1.165, 1.54) is 11.8 Å². The van der Waals surface area contributed by atoms with E-state index in [1.807, 2.05) is 48.7 Å². The summed E-state index contributed by atoms with van der Waals surface area (Å²) in [5, 5.41) is 17.3. The molecule has 0 unspecified atom stereocenters. The van der Waals surface area contributed by atoms with Crippen molar-refractivity contribution in [3.8, 4) is 5.75 Å². The van der Waals surface area contributed by atoms with Gasteiger partial charge in [-0.3, -0.25) is 19.2 Å². The molecule has 2 rings (SSSR count). The second-order valence-corrected chi connectivity index (χ2v) is 10.3. The van der Waals surface area contributed by atoms with Crippen molar-refractivity contribution in [1.82, 2.24) is 16.0 Å². The summed E-state index contributed by atoms with van der Waals surface area (Å²) in [6.07, 6.45) is 4.48. The molecule has 2 aromatic rings. The third-order valence-electron chi connectivity index (χ3n) is 6.06. The highest BCUT2D eigenvalue weighted by atomic mass is 32.2. The summed E-state index contributed by atoms with van der Waals surface area (Å²) in [7, 11) is 0. The number of primary amides is 1. The number of hydrogen-bond acceptors (Lipinski definition) is 7. The third kappa shape index (κ3) is 12.7. The summed E-state index contributed by atoms with van der Waals surface area (Å²) in [6.45, 7) is -0.289. The Hall–Kier alpha value is -3.57. The molecule has 39 heavy (non-hydrogen) atoms. The predicted octanol–water partition coefficient (Wildman–Crippen LogP) is 0.999. The van der Waals surface area contributed by atoms with Gasteiger partial charge in [-0.1, -0.05) is 42.5 Å². The maximum atomic E-state index is 13.0. The molecule has 10 nitrogen and oxygen atoms in total. The molecule has 0 aliphatic carbocycles. The van der Waals surface area contributed by atoms with Gasteiger partial charge in [0.1, 0.15) is 17.8 Å². The zero-order valence-electron chi connectivity index (χ0n) is 22.2. The lowest BCUT2D eigenvalue weighted by Crippen LogP contribution is -2.55. The SMILES string of the molecule is CSCC[C@H](NC(=O)[C@H](Cc1ccccc1)NC(=O)CNC(=O)CCC[C@H](N)Cc1ccc(O)cc1)C(N)=O. The summed E-state index contributed by atoms with van der Waals surface area (Å²) < 4.78 is 0. The van der Waals surface area contributed by atoms with E-state index >= 15 is 0 Å². The van der Waals surface area contributed by atoms with Crippen LogP contribution in [0.25, 0.3) is 0 Å². The molecule has 0 heterocycles. The standard InChI is InChI=1S/C28H39N5O5S/c1-39-15-14-23(27(30)37)33-28(38)24(17-19-6-3-2-4-7-19)32-26(36)18-31-25(35)9-5-8-21(29)16-20-10-12-22(34)13-11-20/h2-4,6-7,10-13,21,23-24,34H,5,8-9,14-18,29H2,1H3,(H2,30,37)(H,31,35)(H,32,36)(H,33,38)/t21-,23-,24-/m0/s1. The summed E-state index contributed by atoms with van der Waals surface area (Å²) in [5.41, 5.74) is 13.4. The Morgan fingerprint density at radius 1 is 0.872 bits per heavy atom. The predicted molar refractivity (Wildman–Crippen MR) is 153 cm³/mol. The maximum absolute atomic E-state index is 13.0. The Morgan fingerprint density at radius 3 is 2.18 bits per heavy atom. The smallest absolute Gasteiger partial charge is 0.243 e. The zero-order chi connectivity index (χ0) is 28.6. The first-order valence-electron chi connectivity index (χ1n) is 12.9. The number of carbonyl (C=O) groups excluding carboxylic acids is 4. The molecule has 0 bridgehead atoms. The van der Waals surface area contributed by atoms with Crippen molar-refractivity contribution in [3.05, 3.63) is 65.7 Å². The molecule has 0 saturated heterocycles. The van der Waals surface area contributed by atoms with Crippen molar-refractivity contribution in [2.75, 3.05) is 18.6 Å². The number of phenols is 1. The monoisotopic (exact) mass is 557 g/mol. The molecule has 4 amide bonds. The van der Waals surface area contributed by atoms with Crippen LogP contribution >= 0.6 is 11.8 Å². The molecular weight excluding hydrogens is 518 g/mol. The molecule has 8 N–H and O–H groups in total. The fourth-order valence-corrected chi connectivity index (χ4v) is 4.40. The Labute approximate surface area is 233 Å². The van der Waals surface area contributed by atoms with Crippen molar-refractivity contribution in [2.24, 2.45) is 11.5 Å². The number of nitrogens with one attached hydrogen (secondary N) is 3. The Bertz CT molecular complexity index is 1070. The number of amides is 4. The molecule has 0 aromatic heterocycles. The van der Waals surface area contributed by atoms with Gasteiger partial charge in [-0.2, -0.15) is 11.8 Å². The van der Waals surface area contributed by atoms with Gasteiger partial charge in [0.2, 0.25) is 23.6 Å².